The Bertz CT molecular complexity index is 1320. The van der Waals surface area contributed by atoms with Crippen molar-refractivity contribution in [1.82, 2.24) is 9.55 Å². The van der Waals surface area contributed by atoms with Gasteiger partial charge in [-0.3, -0.25) is 0 Å². The number of halogens is 1. The molecule has 1 fully saturated rings. The third-order valence-electron chi connectivity index (χ3n) is 7.14. The summed E-state index contributed by atoms with van der Waals surface area (Å²) in [5.41, 5.74) is 7.03. The molecule has 0 saturated heterocycles. The summed E-state index contributed by atoms with van der Waals surface area (Å²) in [6.45, 7) is 1.87. The summed E-state index contributed by atoms with van der Waals surface area (Å²) in [4.78, 5) is 7.30. The lowest BCUT2D eigenvalue weighted by molar-refractivity contribution is 0.210. The molecule has 2 heterocycles. The Labute approximate surface area is 199 Å². The van der Waals surface area contributed by atoms with Crippen molar-refractivity contribution in [3.63, 3.8) is 0 Å². The Kier molecular flexibility index (Phi) is 5.26. The lowest BCUT2D eigenvalue weighted by Crippen LogP contribution is -2.30. The smallest absolute Gasteiger partial charge is 0.142 e. The predicted molar refractivity (Wildman–Crippen MR) is 135 cm³/mol. The van der Waals surface area contributed by atoms with Gasteiger partial charge in [0.2, 0.25) is 0 Å². The molecule has 0 bridgehead atoms. The Morgan fingerprint density at radius 1 is 0.970 bits per heavy atom. The highest BCUT2D eigenvalue weighted by molar-refractivity contribution is 6.33. The van der Waals surface area contributed by atoms with E-state index in [0.717, 1.165) is 52.7 Å². The van der Waals surface area contributed by atoms with E-state index in [9.17, 15) is 0 Å². The zero-order chi connectivity index (χ0) is 22.4. The number of benzene rings is 3. The summed E-state index contributed by atoms with van der Waals surface area (Å²) in [5.74, 6) is 1.93. The molecule has 1 saturated carbocycles. The molecule has 1 aliphatic heterocycles. The van der Waals surface area contributed by atoms with Gasteiger partial charge >= 0.3 is 0 Å². The number of hydrogen-bond acceptors (Lipinski definition) is 3. The third kappa shape index (κ3) is 3.87. The molecule has 0 unspecified atom stereocenters. The average molecular weight is 458 g/mol. The maximum Gasteiger partial charge on any atom is 0.142 e. The molecular weight excluding hydrogens is 430 g/mol. The van der Waals surface area contributed by atoms with E-state index in [4.69, 9.17) is 21.3 Å². The zero-order valence-electron chi connectivity index (χ0n) is 18.9. The first-order chi connectivity index (χ1) is 16.2. The highest BCUT2D eigenvalue weighted by atomic mass is 35.5. The van der Waals surface area contributed by atoms with Gasteiger partial charge in [-0.2, -0.15) is 0 Å². The van der Waals surface area contributed by atoms with Crippen molar-refractivity contribution in [2.24, 2.45) is 7.05 Å². The topological polar surface area (TPSA) is 30.3 Å². The van der Waals surface area contributed by atoms with Gasteiger partial charge < -0.3 is 14.2 Å². The van der Waals surface area contributed by atoms with Gasteiger partial charge in [0.25, 0.3) is 0 Å². The van der Waals surface area contributed by atoms with Crippen LogP contribution in [0.5, 0.6) is 5.75 Å². The van der Waals surface area contributed by atoms with E-state index in [-0.39, 0.29) is 0 Å². The van der Waals surface area contributed by atoms with Gasteiger partial charge in [-0.15, -0.1) is 0 Å². The quantitative estimate of drug-likeness (QED) is 0.338. The maximum atomic E-state index is 6.65. The fourth-order valence-corrected chi connectivity index (χ4v) is 5.49. The number of hydrogen-bond donors (Lipinski definition) is 0. The van der Waals surface area contributed by atoms with Gasteiger partial charge in [0.05, 0.1) is 22.2 Å². The molecule has 5 heteroatoms. The maximum absolute atomic E-state index is 6.65. The summed E-state index contributed by atoms with van der Waals surface area (Å²) in [7, 11) is 2.05. The van der Waals surface area contributed by atoms with E-state index in [0.29, 0.717) is 6.10 Å². The average Bonchev–Trinajstić information content (AvgIpc) is 3.47. The van der Waals surface area contributed by atoms with Crippen molar-refractivity contribution in [3.8, 4) is 17.1 Å². The van der Waals surface area contributed by atoms with Crippen LogP contribution in [0.3, 0.4) is 0 Å². The van der Waals surface area contributed by atoms with Crippen LogP contribution in [0.4, 0.5) is 5.69 Å². The van der Waals surface area contributed by atoms with E-state index >= 15 is 0 Å². The minimum Gasteiger partial charge on any atom is -0.490 e. The Morgan fingerprint density at radius 2 is 1.82 bits per heavy atom. The Morgan fingerprint density at radius 3 is 2.67 bits per heavy atom. The van der Waals surface area contributed by atoms with E-state index in [1.165, 1.54) is 42.5 Å². The third-order valence-corrected chi connectivity index (χ3v) is 7.47. The standard InChI is InChI=1S/C28H28ClN3O/c1-31-27-9-5-4-8-26(27)30-28(31)24-17-21(11-13-25(24)29)32-15-14-19-16-23(12-10-20(19)18-32)33-22-6-2-3-7-22/h4-5,8-13,16-17,22H,2-3,6-7,14-15,18H2,1H3. The second-order valence-electron chi connectivity index (χ2n) is 9.27. The van der Waals surface area contributed by atoms with Crippen LogP contribution in [0.25, 0.3) is 22.4 Å². The molecule has 2 aliphatic rings. The van der Waals surface area contributed by atoms with Gasteiger partial charge in [0, 0.05) is 31.4 Å². The zero-order valence-corrected chi connectivity index (χ0v) is 19.7. The summed E-state index contributed by atoms with van der Waals surface area (Å²) in [6.07, 6.45) is 6.38. The van der Waals surface area contributed by atoms with Gasteiger partial charge in [-0.05, 0) is 85.7 Å². The Hall–Kier alpha value is -2.98. The molecule has 3 aromatic carbocycles. The number of aryl methyl sites for hydroxylation is 1. The number of fused-ring (bicyclic) bond motifs is 2. The van der Waals surface area contributed by atoms with Crippen molar-refractivity contribution < 1.29 is 4.74 Å². The van der Waals surface area contributed by atoms with Crippen LogP contribution in [-0.4, -0.2) is 22.2 Å². The molecule has 0 N–H and O–H groups in total. The number of imidazole rings is 1. The molecular formula is C28H28ClN3O. The van der Waals surface area contributed by atoms with E-state index in [1.54, 1.807) is 0 Å². The molecule has 0 atom stereocenters. The van der Waals surface area contributed by atoms with Gasteiger partial charge in [-0.1, -0.05) is 29.8 Å². The SMILES string of the molecule is Cn1c(-c2cc(N3CCc4cc(OC5CCCC5)ccc4C3)ccc2Cl)nc2ccccc21. The first-order valence-electron chi connectivity index (χ1n) is 11.9. The second kappa shape index (κ2) is 8.42. The lowest BCUT2D eigenvalue weighted by Gasteiger charge is -2.31. The summed E-state index contributed by atoms with van der Waals surface area (Å²) in [5, 5.41) is 0.725. The van der Waals surface area contributed by atoms with Crippen LogP contribution in [0.2, 0.25) is 5.02 Å². The van der Waals surface area contributed by atoms with E-state index < -0.39 is 0 Å². The van der Waals surface area contributed by atoms with Crippen molar-refractivity contribution in [2.75, 3.05) is 11.4 Å². The molecule has 4 nitrogen and oxygen atoms in total. The van der Waals surface area contributed by atoms with Crippen molar-refractivity contribution in [2.45, 2.75) is 44.8 Å². The van der Waals surface area contributed by atoms with Gasteiger partial charge in [0.1, 0.15) is 11.6 Å². The number of nitrogens with zero attached hydrogens (tertiary/aromatic N) is 3. The van der Waals surface area contributed by atoms with Crippen LogP contribution in [-0.2, 0) is 20.0 Å². The number of rotatable bonds is 4. The number of aromatic nitrogens is 2. The molecule has 0 amide bonds. The lowest BCUT2D eigenvalue weighted by atomic mass is 9.98. The van der Waals surface area contributed by atoms with Crippen molar-refractivity contribution in [1.29, 1.82) is 0 Å². The molecule has 0 radical (unpaired) electrons. The van der Waals surface area contributed by atoms with Crippen molar-refractivity contribution >= 4 is 28.3 Å². The van der Waals surface area contributed by atoms with Gasteiger partial charge in [-0.25, -0.2) is 4.98 Å². The Balaban J connectivity index is 1.27. The summed E-state index contributed by atoms with van der Waals surface area (Å²) >= 11 is 6.65. The van der Waals surface area contributed by atoms with E-state index in [1.807, 2.05) is 24.3 Å². The fourth-order valence-electron chi connectivity index (χ4n) is 5.29. The molecule has 0 spiro atoms. The molecule has 6 rings (SSSR count). The number of anilines is 1. The molecule has 4 aromatic rings. The highest BCUT2D eigenvalue weighted by Gasteiger charge is 2.21. The highest BCUT2D eigenvalue weighted by Crippen LogP contribution is 2.35. The summed E-state index contributed by atoms with van der Waals surface area (Å²) < 4.78 is 8.35. The largest absolute Gasteiger partial charge is 0.490 e. The molecule has 33 heavy (non-hydrogen) atoms. The molecule has 1 aliphatic carbocycles. The van der Waals surface area contributed by atoms with Crippen LogP contribution in [0.15, 0.2) is 60.7 Å². The van der Waals surface area contributed by atoms with E-state index in [2.05, 4.69) is 52.9 Å². The normalized spacial score (nSPS) is 16.4. The van der Waals surface area contributed by atoms with Crippen molar-refractivity contribution in [3.05, 3.63) is 76.8 Å². The fraction of sp³-hybridized carbons (Fsp3) is 0.321. The monoisotopic (exact) mass is 457 g/mol. The van der Waals surface area contributed by atoms with Crippen LogP contribution in [0, 0.1) is 0 Å². The number of ether oxygens (including phenoxy) is 1. The van der Waals surface area contributed by atoms with Crippen LogP contribution in [0.1, 0.15) is 36.8 Å². The minimum absolute atomic E-state index is 0.401. The molecule has 1 aromatic heterocycles. The predicted octanol–water partition coefficient (Wildman–Crippen LogP) is 6.78. The van der Waals surface area contributed by atoms with Crippen LogP contribution < -0.4 is 9.64 Å². The summed E-state index contributed by atoms with van der Waals surface area (Å²) in [6, 6.07) is 21.2. The molecule has 168 valence electrons. The van der Waals surface area contributed by atoms with Crippen LogP contribution >= 0.6 is 11.6 Å². The second-order valence-corrected chi connectivity index (χ2v) is 9.68. The van der Waals surface area contributed by atoms with Gasteiger partial charge in [0.15, 0.2) is 0 Å². The minimum atomic E-state index is 0.401. The number of para-hydroxylation sites is 2. The first kappa shape index (κ1) is 20.6. The first-order valence-corrected chi connectivity index (χ1v) is 12.3.